The highest BCUT2D eigenvalue weighted by Gasteiger charge is 2.47. The van der Waals surface area contributed by atoms with Crippen molar-refractivity contribution in [3.05, 3.63) is 0 Å². The third kappa shape index (κ3) is 1.94. The summed E-state index contributed by atoms with van der Waals surface area (Å²) in [5, 5.41) is 2.83. The molecule has 0 radical (unpaired) electrons. The van der Waals surface area contributed by atoms with E-state index in [2.05, 4.69) is 5.32 Å². The summed E-state index contributed by atoms with van der Waals surface area (Å²) in [6.07, 6.45) is 4.17. The fourth-order valence-corrected chi connectivity index (χ4v) is 2.95. The molecule has 2 fully saturated rings. The van der Waals surface area contributed by atoms with Crippen LogP contribution < -0.4 is 5.32 Å². The standard InChI is InChI=1S/C13H22N2O2/c1-12(2)10(16)14-8-9-15(12)11(17)13(3)6-4-5-7-13/h4-9H2,1-3H3,(H,14,16). The van der Waals surface area contributed by atoms with Gasteiger partial charge in [0, 0.05) is 18.5 Å². The number of hydrogen-bond acceptors (Lipinski definition) is 2. The van der Waals surface area contributed by atoms with Crippen LogP contribution in [0.15, 0.2) is 0 Å². The average molecular weight is 238 g/mol. The Bertz CT molecular complexity index is 343. The number of carbonyl (C=O) groups is 2. The number of nitrogens with one attached hydrogen (secondary N) is 1. The molecular weight excluding hydrogens is 216 g/mol. The number of carbonyl (C=O) groups excluding carboxylic acids is 2. The largest absolute Gasteiger partial charge is 0.352 e. The van der Waals surface area contributed by atoms with Gasteiger partial charge in [-0.15, -0.1) is 0 Å². The van der Waals surface area contributed by atoms with Crippen LogP contribution in [0.1, 0.15) is 46.5 Å². The number of amides is 2. The average Bonchev–Trinajstić information content (AvgIpc) is 2.70. The Labute approximate surface area is 103 Å². The zero-order valence-electron chi connectivity index (χ0n) is 11.0. The second kappa shape index (κ2) is 4.00. The maximum atomic E-state index is 12.6. The van der Waals surface area contributed by atoms with Crippen LogP contribution in [0.4, 0.5) is 0 Å². The van der Waals surface area contributed by atoms with Crippen molar-refractivity contribution in [3.8, 4) is 0 Å². The van der Waals surface area contributed by atoms with E-state index in [9.17, 15) is 9.59 Å². The lowest BCUT2D eigenvalue weighted by Gasteiger charge is -2.44. The van der Waals surface area contributed by atoms with Gasteiger partial charge in [0.1, 0.15) is 5.54 Å². The van der Waals surface area contributed by atoms with Crippen LogP contribution in [0.5, 0.6) is 0 Å². The molecule has 1 saturated carbocycles. The molecule has 17 heavy (non-hydrogen) atoms. The predicted molar refractivity (Wildman–Crippen MR) is 65.4 cm³/mol. The minimum atomic E-state index is -0.707. The highest BCUT2D eigenvalue weighted by Crippen LogP contribution is 2.40. The van der Waals surface area contributed by atoms with E-state index in [1.54, 1.807) is 4.90 Å². The highest BCUT2D eigenvalue weighted by molar-refractivity contribution is 5.93. The van der Waals surface area contributed by atoms with E-state index < -0.39 is 5.54 Å². The Morgan fingerprint density at radius 1 is 1.24 bits per heavy atom. The Hall–Kier alpha value is -1.06. The Morgan fingerprint density at radius 3 is 2.41 bits per heavy atom. The minimum absolute atomic E-state index is 0.0429. The summed E-state index contributed by atoms with van der Waals surface area (Å²) in [6, 6.07) is 0. The molecule has 4 heteroatoms. The van der Waals surface area contributed by atoms with Crippen molar-refractivity contribution in [1.82, 2.24) is 10.2 Å². The fraction of sp³-hybridized carbons (Fsp3) is 0.846. The summed E-state index contributed by atoms with van der Waals surface area (Å²) in [7, 11) is 0. The maximum Gasteiger partial charge on any atom is 0.245 e. The molecule has 0 spiro atoms. The van der Waals surface area contributed by atoms with Gasteiger partial charge in [0.15, 0.2) is 0 Å². The van der Waals surface area contributed by atoms with Gasteiger partial charge in [-0.25, -0.2) is 0 Å². The summed E-state index contributed by atoms with van der Waals surface area (Å²) in [6.45, 7) is 6.91. The van der Waals surface area contributed by atoms with E-state index in [0.717, 1.165) is 25.7 Å². The summed E-state index contributed by atoms with van der Waals surface area (Å²) >= 11 is 0. The number of hydrogen-bond donors (Lipinski definition) is 1. The molecule has 0 bridgehead atoms. The quantitative estimate of drug-likeness (QED) is 0.748. The second-order valence-corrected chi connectivity index (χ2v) is 6.04. The first-order chi connectivity index (χ1) is 7.88. The zero-order chi connectivity index (χ0) is 12.7. The monoisotopic (exact) mass is 238 g/mol. The van der Waals surface area contributed by atoms with Crippen molar-refractivity contribution in [1.29, 1.82) is 0 Å². The van der Waals surface area contributed by atoms with Crippen molar-refractivity contribution in [2.24, 2.45) is 5.41 Å². The minimum Gasteiger partial charge on any atom is -0.352 e. The van der Waals surface area contributed by atoms with Crippen molar-refractivity contribution in [2.75, 3.05) is 13.1 Å². The molecule has 0 aromatic carbocycles. The molecule has 0 atom stereocenters. The van der Waals surface area contributed by atoms with E-state index in [1.165, 1.54) is 0 Å². The molecule has 4 nitrogen and oxygen atoms in total. The lowest BCUT2D eigenvalue weighted by Crippen LogP contribution is -2.65. The van der Waals surface area contributed by atoms with Crippen LogP contribution in [0.3, 0.4) is 0 Å². The molecular formula is C13H22N2O2. The fourth-order valence-electron chi connectivity index (χ4n) is 2.95. The third-order valence-corrected chi connectivity index (χ3v) is 4.32. The first-order valence-corrected chi connectivity index (χ1v) is 6.48. The Balaban J connectivity index is 2.21. The van der Waals surface area contributed by atoms with E-state index in [4.69, 9.17) is 0 Å². The zero-order valence-corrected chi connectivity index (χ0v) is 11.0. The van der Waals surface area contributed by atoms with Gasteiger partial charge in [0.05, 0.1) is 0 Å². The predicted octanol–water partition coefficient (Wildman–Crippen LogP) is 1.30. The number of piperazine rings is 1. The van der Waals surface area contributed by atoms with Crippen LogP contribution in [0, 0.1) is 5.41 Å². The molecule has 0 aromatic heterocycles. The Morgan fingerprint density at radius 2 is 1.82 bits per heavy atom. The highest BCUT2D eigenvalue weighted by atomic mass is 16.2. The molecule has 2 aliphatic rings. The van der Waals surface area contributed by atoms with Crippen LogP contribution in [-0.4, -0.2) is 35.3 Å². The van der Waals surface area contributed by atoms with Gasteiger partial charge in [0.2, 0.25) is 11.8 Å². The van der Waals surface area contributed by atoms with Crippen LogP contribution >= 0.6 is 0 Å². The third-order valence-electron chi connectivity index (χ3n) is 4.32. The molecule has 1 aliphatic carbocycles. The van der Waals surface area contributed by atoms with E-state index in [-0.39, 0.29) is 17.2 Å². The Kier molecular flexibility index (Phi) is 2.92. The molecule has 0 aromatic rings. The van der Waals surface area contributed by atoms with Crippen LogP contribution in [0.25, 0.3) is 0 Å². The van der Waals surface area contributed by atoms with E-state index >= 15 is 0 Å². The van der Waals surface area contributed by atoms with Gasteiger partial charge >= 0.3 is 0 Å². The smallest absolute Gasteiger partial charge is 0.245 e. The summed E-state index contributed by atoms with van der Waals surface area (Å²) in [5.41, 5.74) is -0.949. The number of rotatable bonds is 1. The summed E-state index contributed by atoms with van der Waals surface area (Å²) in [4.78, 5) is 26.2. The van der Waals surface area contributed by atoms with Gasteiger partial charge in [-0.05, 0) is 26.7 Å². The van der Waals surface area contributed by atoms with Gasteiger partial charge in [-0.1, -0.05) is 19.8 Å². The lowest BCUT2D eigenvalue weighted by atomic mass is 9.84. The molecule has 2 amide bonds. The summed E-state index contributed by atoms with van der Waals surface area (Å²) in [5.74, 6) is 0.119. The van der Waals surface area contributed by atoms with Crippen molar-refractivity contribution in [2.45, 2.75) is 52.0 Å². The van der Waals surface area contributed by atoms with Crippen LogP contribution in [-0.2, 0) is 9.59 Å². The van der Waals surface area contributed by atoms with Crippen molar-refractivity contribution >= 4 is 11.8 Å². The first-order valence-electron chi connectivity index (χ1n) is 6.48. The maximum absolute atomic E-state index is 12.6. The van der Waals surface area contributed by atoms with Gasteiger partial charge in [-0.2, -0.15) is 0 Å². The molecule has 2 rings (SSSR count). The number of nitrogens with zero attached hydrogens (tertiary/aromatic N) is 1. The molecule has 1 heterocycles. The second-order valence-electron chi connectivity index (χ2n) is 6.04. The van der Waals surface area contributed by atoms with Gasteiger partial charge in [0.25, 0.3) is 0 Å². The van der Waals surface area contributed by atoms with Crippen LogP contribution in [0.2, 0.25) is 0 Å². The first kappa shape index (κ1) is 12.4. The van der Waals surface area contributed by atoms with Gasteiger partial charge < -0.3 is 10.2 Å². The summed E-state index contributed by atoms with van der Waals surface area (Å²) < 4.78 is 0. The van der Waals surface area contributed by atoms with Crippen molar-refractivity contribution in [3.63, 3.8) is 0 Å². The molecule has 1 aliphatic heterocycles. The van der Waals surface area contributed by atoms with Gasteiger partial charge in [-0.3, -0.25) is 9.59 Å². The van der Waals surface area contributed by atoms with E-state index in [1.807, 2.05) is 20.8 Å². The normalized spacial score (nSPS) is 26.8. The molecule has 0 unspecified atom stereocenters. The molecule has 1 saturated heterocycles. The van der Waals surface area contributed by atoms with Crippen molar-refractivity contribution < 1.29 is 9.59 Å². The molecule has 1 N–H and O–H groups in total. The lowest BCUT2D eigenvalue weighted by molar-refractivity contribution is -0.155. The topological polar surface area (TPSA) is 49.4 Å². The molecule has 96 valence electrons. The van der Waals surface area contributed by atoms with E-state index in [0.29, 0.717) is 13.1 Å². The SMILES string of the molecule is CC1(C(=O)N2CCNC(=O)C2(C)C)CCCC1.